The summed E-state index contributed by atoms with van der Waals surface area (Å²) in [5.41, 5.74) is 2.39. The first kappa shape index (κ1) is 27.9. The van der Waals surface area contributed by atoms with Crippen LogP contribution < -0.4 is 21.4 Å². The summed E-state index contributed by atoms with van der Waals surface area (Å²) < 4.78 is 28.2. The monoisotopic (exact) mass is 580 g/mol. The van der Waals surface area contributed by atoms with Gasteiger partial charge in [0.1, 0.15) is 0 Å². The molecule has 1 fully saturated rings. The van der Waals surface area contributed by atoms with Gasteiger partial charge in [0.25, 0.3) is 0 Å². The molecule has 0 atom stereocenters. The molecule has 0 radical (unpaired) electrons. The summed E-state index contributed by atoms with van der Waals surface area (Å²) in [7, 11) is -3.55. The Morgan fingerprint density at radius 3 is 1.30 bits per heavy atom. The van der Waals surface area contributed by atoms with Gasteiger partial charge < -0.3 is 13.9 Å². The van der Waals surface area contributed by atoms with Crippen LogP contribution in [-0.4, -0.2) is 18.3 Å². The lowest BCUT2D eigenvalue weighted by atomic mass is 9.71. The van der Waals surface area contributed by atoms with Gasteiger partial charge in [-0.2, -0.15) is 0 Å². The molecule has 0 unspecified atom stereocenters. The molecule has 0 aromatic heterocycles. The van der Waals surface area contributed by atoms with Gasteiger partial charge in [-0.05, 0) is 65.8 Å². The molecule has 212 valence electrons. The minimum atomic E-state index is -3.06. The van der Waals surface area contributed by atoms with Crippen molar-refractivity contribution in [3.05, 3.63) is 133 Å². The van der Waals surface area contributed by atoms with Crippen LogP contribution in [0.4, 0.5) is 0 Å². The van der Waals surface area contributed by atoms with Gasteiger partial charge in [0, 0.05) is 15.9 Å². The zero-order valence-corrected chi connectivity index (χ0v) is 25.8. The van der Waals surface area contributed by atoms with Crippen molar-refractivity contribution >= 4 is 57.2 Å². The van der Waals surface area contributed by atoms with Crippen molar-refractivity contribution in [2.24, 2.45) is 0 Å². The van der Waals surface area contributed by atoms with E-state index in [1.165, 1.54) is 0 Å². The first-order valence-corrected chi connectivity index (χ1v) is 16.5. The average molecular weight is 580 g/mol. The van der Waals surface area contributed by atoms with Gasteiger partial charge in [0.2, 0.25) is 0 Å². The van der Waals surface area contributed by atoms with E-state index in [0.29, 0.717) is 0 Å². The molecule has 3 nitrogen and oxygen atoms in total. The van der Waals surface area contributed by atoms with E-state index in [2.05, 4.69) is 88.4 Å². The minimum Gasteiger partial charge on any atom is -0.399 e. The number of benzene rings is 6. The van der Waals surface area contributed by atoms with E-state index in [0.717, 1.165) is 54.0 Å². The van der Waals surface area contributed by atoms with E-state index >= 15 is 0 Å². The topological polar surface area (TPSA) is 35.5 Å². The molecule has 1 saturated heterocycles. The van der Waals surface area contributed by atoms with Gasteiger partial charge >= 0.3 is 7.12 Å². The molecule has 0 amide bonds. The number of hydrogen-bond donors (Lipinski definition) is 0. The van der Waals surface area contributed by atoms with Crippen LogP contribution in [0, 0.1) is 0 Å². The third-order valence-corrected chi connectivity index (χ3v) is 12.3. The molecular formula is C38H34BO3P. The van der Waals surface area contributed by atoms with E-state index in [9.17, 15) is 4.57 Å². The summed E-state index contributed by atoms with van der Waals surface area (Å²) in [4.78, 5) is 0. The summed E-state index contributed by atoms with van der Waals surface area (Å²) in [6.45, 7) is 8.38. The van der Waals surface area contributed by atoms with Gasteiger partial charge in [-0.1, -0.05) is 133 Å². The smallest absolute Gasteiger partial charge is 0.399 e. The molecule has 5 heteroatoms. The second kappa shape index (κ2) is 10.3. The predicted molar refractivity (Wildman–Crippen MR) is 182 cm³/mol. The zero-order valence-electron chi connectivity index (χ0n) is 25.0. The molecular weight excluding hydrogens is 546 g/mol. The Bertz CT molecular complexity index is 1880. The fourth-order valence-electron chi connectivity index (χ4n) is 6.25. The molecule has 7 rings (SSSR count). The molecule has 0 N–H and O–H groups in total. The zero-order chi connectivity index (χ0) is 29.8. The highest BCUT2D eigenvalue weighted by molar-refractivity contribution is 7.85. The maximum Gasteiger partial charge on any atom is 0.496 e. The largest absolute Gasteiger partial charge is 0.496 e. The van der Waals surface area contributed by atoms with Gasteiger partial charge in [-0.15, -0.1) is 0 Å². The van der Waals surface area contributed by atoms with E-state index in [-0.39, 0.29) is 0 Å². The van der Waals surface area contributed by atoms with Gasteiger partial charge in [0.15, 0.2) is 7.14 Å². The maximum absolute atomic E-state index is 15.0. The molecule has 43 heavy (non-hydrogen) atoms. The molecule has 1 heterocycles. The summed E-state index contributed by atoms with van der Waals surface area (Å²) in [5.74, 6) is 0. The van der Waals surface area contributed by atoms with Crippen LogP contribution in [0.2, 0.25) is 0 Å². The highest BCUT2D eigenvalue weighted by Crippen LogP contribution is 2.44. The van der Waals surface area contributed by atoms with Gasteiger partial charge in [-0.3, -0.25) is 0 Å². The number of hydrogen-bond acceptors (Lipinski definition) is 3. The Morgan fingerprint density at radius 2 is 0.860 bits per heavy atom. The SMILES string of the molecule is CC1(C)OB(c2c3ccccc3c(-c3ccc(P(=O)(c4ccccc4)c4ccccc4)cc3)c3ccccc23)OC1(C)C. The predicted octanol–water partition coefficient (Wildman–Crippen LogP) is 7.60. The van der Waals surface area contributed by atoms with Crippen LogP contribution in [0.5, 0.6) is 0 Å². The molecule has 6 aromatic carbocycles. The molecule has 1 aliphatic rings. The maximum atomic E-state index is 15.0. The van der Waals surface area contributed by atoms with E-state index < -0.39 is 25.5 Å². The van der Waals surface area contributed by atoms with Crippen molar-refractivity contribution in [2.75, 3.05) is 0 Å². The molecule has 1 aliphatic heterocycles. The quantitative estimate of drug-likeness (QED) is 0.120. The van der Waals surface area contributed by atoms with E-state index in [1.807, 2.05) is 72.8 Å². The van der Waals surface area contributed by atoms with Crippen molar-refractivity contribution < 1.29 is 13.9 Å². The Balaban J connectivity index is 1.42. The third kappa shape index (κ3) is 4.48. The fourth-order valence-corrected chi connectivity index (χ4v) is 8.90. The van der Waals surface area contributed by atoms with Crippen molar-refractivity contribution in [2.45, 2.75) is 38.9 Å². The second-order valence-electron chi connectivity index (χ2n) is 12.3. The molecule has 0 saturated carbocycles. The van der Waals surface area contributed by atoms with Crippen molar-refractivity contribution in [3.8, 4) is 11.1 Å². The van der Waals surface area contributed by atoms with Crippen LogP contribution in [0.1, 0.15) is 27.7 Å². The fraction of sp³-hybridized carbons (Fsp3) is 0.158. The van der Waals surface area contributed by atoms with Crippen LogP contribution in [0.25, 0.3) is 32.7 Å². The summed E-state index contributed by atoms with van der Waals surface area (Å²) in [6.07, 6.45) is 0. The van der Waals surface area contributed by atoms with Crippen LogP contribution in [0.15, 0.2) is 133 Å². The Morgan fingerprint density at radius 1 is 0.488 bits per heavy atom. The third-order valence-electron chi connectivity index (χ3n) is 9.22. The van der Waals surface area contributed by atoms with Crippen molar-refractivity contribution in [3.63, 3.8) is 0 Å². The average Bonchev–Trinajstić information content (AvgIpc) is 3.25. The molecule has 0 bridgehead atoms. The first-order valence-electron chi connectivity index (χ1n) is 14.8. The van der Waals surface area contributed by atoms with Crippen LogP contribution >= 0.6 is 7.14 Å². The molecule has 0 spiro atoms. The van der Waals surface area contributed by atoms with E-state index in [1.54, 1.807) is 0 Å². The van der Waals surface area contributed by atoms with Gasteiger partial charge in [0.05, 0.1) is 11.2 Å². The van der Waals surface area contributed by atoms with Crippen molar-refractivity contribution in [1.29, 1.82) is 0 Å². The summed E-state index contributed by atoms with van der Waals surface area (Å²) >= 11 is 0. The Hall–Kier alpha value is -3.95. The highest BCUT2D eigenvalue weighted by Gasteiger charge is 2.52. The lowest BCUT2D eigenvalue weighted by Crippen LogP contribution is -2.41. The van der Waals surface area contributed by atoms with Crippen molar-refractivity contribution in [1.82, 2.24) is 0 Å². The highest BCUT2D eigenvalue weighted by atomic mass is 31.2. The number of rotatable bonds is 5. The lowest BCUT2D eigenvalue weighted by Gasteiger charge is -2.32. The van der Waals surface area contributed by atoms with Gasteiger partial charge in [-0.25, -0.2) is 0 Å². The summed E-state index contributed by atoms with van der Waals surface area (Å²) in [6, 6.07) is 45.0. The Labute approximate surface area is 254 Å². The van der Waals surface area contributed by atoms with Crippen LogP contribution in [-0.2, 0) is 13.9 Å². The Kier molecular flexibility index (Phi) is 6.71. The van der Waals surface area contributed by atoms with Crippen LogP contribution in [0.3, 0.4) is 0 Å². The second-order valence-corrected chi connectivity index (χ2v) is 15.1. The molecule has 6 aromatic rings. The van der Waals surface area contributed by atoms with E-state index in [4.69, 9.17) is 9.31 Å². The standard InChI is InChI=1S/C38H34BO3P/c1-37(2)38(3,4)42-39(41-37)36-33-21-13-11-19-31(33)35(32-20-12-14-22-34(32)36)27-23-25-30(26-24-27)43(40,28-15-7-5-8-16-28)29-17-9-6-10-18-29/h5-26H,1-4H3. The normalized spacial score (nSPS) is 16.1. The molecule has 0 aliphatic carbocycles. The minimum absolute atomic E-state index is 0.445. The first-order chi connectivity index (χ1) is 20.7. The number of fused-ring (bicyclic) bond motifs is 2. The summed E-state index contributed by atoms with van der Waals surface area (Å²) in [5, 5.41) is 6.96. The lowest BCUT2D eigenvalue weighted by molar-refractivity contribution is 0.00578.